The van der Waals surface area contributed by atoms with Crippen LogP contribution in [0.15, 0.2) is 23.1 Å². The fourth-order valence-electron chi connectivity index (χ4n) is 5.32. The number of phosphoric ester groups is 1. The number of nitrogens with two attached hydrogens (primary N) is 1. The molecule has 51 heavy (non-hydrogen) atoms. The second kappa shape index (κ2) is 15.0. The van der Waals surface area contributed by atoms with Gasteiger partial charge in [-0.15, -0.1) is 0 Å². The summed E-state index contributed by atoms with van der Waals surface area (Å²) < 4.78 is 70.6. The van der Waals surface area contributed by atoms with Gasteiger partial charge in [-0.3, -0.25) is 24.4 Å². The van der Waals surface area contributed by atoms with E-state index in [1.54, 1.807) is 20.8 Å². The molecule has 3 unspecified atom stereocenters. The first-order valence-corrected chi connectivity index (χ1v) is 19.0. The van der Waals surface area contributed by atoms with E-state index in [2.05, 4.69) is 23.1 Å². The number of methoxy groups -OCH3 is 2. The Bertz CT molecular complexity index is 1990. The van der Waals surface area contributed by atoms with Gasteiger partial charge in [-0.05, 0) is 11.5 Å². The largest absolute Gasteiger partial charge is 0.493 e. The number of anilines is 1. The van der Waals surface area contributed by atoms with Crippen LogP contribution >= 0.6 is 23.5 Å². The van der Waals surface area contributed by atoms with Crippen molar-refractivity contribution >= 4 is 46.1 Å². The molecular formula is C25H36N5O18P3. The summed E-state index contributed by atoms with van der Waals surface area (Å²) in [7, 11) is -14.2. The first kappa shape index (κ1) is 40.5. The summed E-state index contributed by atoms with van der Waals surface area (Å²) in [6.07, 6.45) is -3.69. The van der Waals surface area contributed by atoms with Crippen LogP contribution in [0.2, 0.25) is 0 Å². The number of rotatable bonds is 15. The maximum atomic E-state index is 13.2. The van der Waals surface area contributed by atoms with Crippen LogP contribution in [0.1, 0.15) is 50.7 Å². The van der Waals surface area contributed by atoms with E-state index >= 15 is 0 Å². The highest BCUT2D eigenvalue weighted by atomic mass is 31.3. The number of nitrogens with zero attached hydrogens (tertiary/aromatic N) is 3. The molecule has 0 amide bonds. The van der Waals surface area contributed by atoms with Crippen LogP contribution in [-0.4, -0.2) is 77.2 Å². The van der Waals surface area contributed by atoms with Crippen molar-refractivity contribution < 1.29 is 75.4 Å². The molecule has 1 aliphatic rings. The normalized spacial score (nSPS) is 21.3. The average molecular weight is 788 g/mol. The lowest BCUT2D eigenvalue weighted by molar-refractivity contribution is -0.386. The molecule has 284 valence electrons. The van der Waals surface area contributed by atoms with Crippen molar-refractivity contribution in [1.82, 2.24) is 14.5 Å². The predicted molar refractivity (Wildman–Crippen MR) is 172 cm³/mol. The number of ether oxygens (including phenoxy) is 4. The Hall–Kier alpha value is -3.27. The molecule has 0 saturated carbocycles. The van der Waals surface area contributed by atoms with Crippen LogP contribution in [0.4, 0.5) is 11.6 Å². The Kier molecular flexibility index (Phi) is 11.9. The zero-order valence-electron chi connectivity index (χ0n) is 27.5. The van der Waals surface area contributed by atoms with Crippen LogP contribution in [0, 0.1) is 15.5 Å². The van der Waals surface area contributed by atoms with Crippen LogP contribution in [-0.2, 0) is 42.9 Å². The number of nitro groups is 1. The zero-order chi connectivity index (χ0) is 38.3. The molecule has 1 saturated heterocycles. The SMILES string of the molecule is COc1cc(C(OCc2cn([C@H]3C[C@H](O)[C@@H](COP(=O)(O)OP(=O)(O)OP(=O)(O)O)O3)c3nc(N)[nH]c(=O)c23)C(C)(C)C)c([N+](=O)[O-])cc1OC. The second-order valence-electron chi connectivity index (χ2n) is 12.1. The zero-order valence-corrected chi connectivity index (χ0v) is 30.1. The summed E-state index contributed by atoms with van der Waals surface area (Å²) in [4.78, 5) is 67.8. The molecule has 1 aliphatic heterocycles. The molecule has 26 heteroatoms. The van der Waals surface area contributed by atoms with E-state index in [4.69, 9.17) is 34.5 Å². The third-order valence-electron chi connectivity index (χ3n) is 7.32. The number of aromatic nitrogens is 3. The molecule has 6 atom stereocenters. The van der Waals surface area contributed by atoms with Gasteiger partial charge >= 0.3 is 23.5 Å². The van der Waals surface area contributed by atoms with Crippen molar-refractivity contribution in [2.75, 3.05) is 26.6 Å². The number of nitrogen functional groups attached to an aromatic ring is 1. The quantitative estimate of drug-likeness (QED) is 0.0661. The Labute approximate surface area is 287 Å². The van der Waals surface area contributed by atoms with Gasteiger partial charge in [0.05, 0.1) is 61.6 Å². The number of fused-ring (bicyclic) bond motifs is 1. The van der Waals surface area contributed by atoms with E-state index in [1.807, 2.05) is 0 Å². The number of nitrogens with one attached hydrogen (secondary N) is 1. The van der Waals surface area contributed by atoms with Crippen LogP contribution in [0.5, 0.6) is 11.5 Å². The van der Waals surface area contributed by atoms with Gasteiger partial charge in [-0.2, -0.15) is 13.6 Å². The van der Waals surface area contributed by atoms with Gasteiger partial charge < -0.3 is 53.9 Å². The maximum Gasteiger partial charge on any atom is 0.490 e. The molecule has 0 aliphatic carbocycles. The molecule has 0 bridgehead atoms. The number of aliphatic hydroxyl groups excluding tert-OH is 1. The number of aromatic amines is 1. The van der Waals surface area contributed by atoms with Crippen LogP contribution < -0.4 is 20.8 Å². The standard InChI is InChI=1S/C25H36N5O18P3/c1-25(2,3)21(13-6-16(42-4)17(43-5)7-14(13)30(33)34)44-10-12-9-29(22-20(12)23(32)28-24(26)27-22)19-8-15(31)18(46-19)11-45-50(38,39)48-51(40,41)47-49(35,36)37/h6-7,9,15,18-19,21,31H,8,10-11H2,1-5H3,(H,38,39)(H,40,41)(H2,35,36,37)(H3,26,27,28,32)/t15-,18+,19+,21?/m0/s1. The first-order chi connectivity index (χ1) is 23.4. The number of benzene rings is 1. The van der Waals surface area contributed by atoms with E-state index in [0.717, 1.165) is 0 Å². The summed E-state index contributed by atoms with van der Waals surface area (Å²) in [5.74, 6) is 0.0525. The summed E-state index contributed by atoms with van der Waals surface area (Å²) in [5.41, 5.74) is 4.43. The molecule has 0 radical (unpaired) electrons. The minimum absolute atomic E-state index is 0.00604. The molecule has 1 aromatic carbocycles. The molecule has 1 fully saturated rings. The Balaban J connectivity index is 1.63. The number of aliphatic hydroxyl groups is 1. The third kappa shape index (κ3) is 9.79. The van der Waals surface area contributed by atoms with Crippen molar-refractivity contribution in [3.05, 3.63) is 49.9 Å². The first-order valence-electron chi connectivity index (χ1n) is 14.5. The Morgan fingerprint density at radius 2 is 1.75 bits per heavy atom. The molecule has 4 rings (SSSR count). The van der Waals surface area contributed by atoms with Crippen molar-refractivity contribution in [1.29, 1.82) is 0 Å². The van der Waals surface area contributed by atoms with Crippen LogP contribution in [0.3, 0.4) is 0 Å². The van der Waals surface area contributed by atoms with Gasteiger partial charge in [0.1, 0.15) is 12.3 Å². The molecule has 0 spiro atoms. The minimum atomic E-state index is -5.78. The lowest BCUT2D eigenvalue weighted by Gasteiger charge is -2.31. The summed E-state index contributed by atoms with van der Waals surface area (Å²) in [6.45, 7) is 4.10. The number of hydrogen-bond acceptors (Lipinski definition) is 16. The molecule has 3 aromatic rings. The van der Waals surface area contributed by atoms with Crippen molar-refractivity contribution in [2.45, 2.75) is 58.3 Å². The predicted octanol–water partition coefficient (Wildman–Crippen LogP) is 2.53. The Morgan fingerprint density at radius 3 is 2.31 bits per heavy atom. The highest BCUT2D eigenvalue weighted by Crippen LogP contribution is 2.66. The summed E-state index contributed by atoms with van der Waals surface area (Å²) in [5, 5.41) is 22.8. The van der Waals surface area contributed by atoms with Gasteiger partial charge in [0.2, 0.25) is 5.95 Å². The van der Waals surface area contributed by atoms with Gasteiger partial charge in [0, 0.05) is 18.2 Å². The van der Waals surface area contributed by atoms with Gasteiger partial charge in [0.25, 0.3) is 11.2 Å². The van der Waals surface area contributed by atoms with Gasteiger partial charge in [-0.25, -0.2) is 13.7 Å². The Morgan fingerprint density at radius 1 is 1.12 bits per heavy atom. The van der Waals surface area contributed by atoms with Crippen molar-refractivity contribution in [3.8, 4) is 11.5 Å². The van der Waals surface area contributed by atoms with E-state index in [9.17, 15) is 43.5 Å². The van der Waals surface area contributed by atoms with Gasteiger partial charge in [-0.1, -0.05) is 20.8 Å². The molecule has 8 N–H and O–H groups in total. The topological polar surface area (TPSA) is 337 Å². The highest BCUT2D eigenvalue weighted by molar-refractivity contribution is 7.66. The molecule has 3 heterocycles. The van der Waals surface area contributed by atoms with Crippen molar-refractivity contribution in [3.63, 3.8) is 0 Å². The van der Waals surface area contributed by atoms with Gasteiger partial charge in [0.15, 0.2) is 17.1 Å². The lowest BCUT2D eigenvalue weighted by Crippen LogP contribution is -2.26. The number of phosphoric acid groups is 3. The highest BCUT2D eigenvalue weighted by Gasteiger charge is 2.43. The van der Waals surface area contributed by atoms with Crippen LogP contribution in [0.25, 0.3) is 11.0 Å². The monoisotopic (exact) mass is 787 g/mol. The minimum Gasteiger partial charge on any atom is -0.493 e. The number of H-pyrrole nitrogens is 1. The van der Waals surface area contributed by atoms with E-state index < -0.39 is 70.5 Å². The summed E-state index contributed by atoms with van der Waals surface area (Å²) >= 11 is 0. The fourth-order valence-corrected chi connectivity index (χ4v) is 8.35. The lowest BCUT2D eigenvalue weighted by atomic mass is 9.83. The van der Waals surface area contributed by atoms with E-state index in [-0.39, 0.29) is 58.3 Å². The third-order valence-corrected chi connectivity index (χ3v) is 11.1. The molecule has 23 nitrogen and oxygen atoms in total. The smallest absolute Gasteiger partial charge is 0.490 e. The maximum absolute atomic E-state index is 13.2. The molecule has 2 aromatic heterocycles. The number of nitro benzene ring substituents is 1. The fraction of sp³-hybridized carbons (Fsp3) is 0.520. The van der Waals surface area contributed by atoms with E-state index in [1.165, 1.54) is 37.1 Å². The average Bonchev–Trinajstić information content (AvgIpc) is 3.52. The van der Waals surface area contributed by atoms with Crippen molar-refractivity contribution in [2.24, 2.45) is 5.41 Å². The summed E-state index contributed by atoms with van der Waals surface area (Å²) in [6, 6.07) is 2.64. The molecular weight excluding hydrogens is 751 g/mol. The second-order valence-corrected chi connectivity index (χ2v) is 16.5. The van der Waals surface area contributed by atoms with E-state index in [0.29, 0.717) is 0 Å². The number of hydrogen-bond donors (Lipinski definition) is 7.